The van der Waals surface area contributed by atoms with Gasteiger partial charge in [-0.25, -0.2) is 9.98 Å². The van der Waals surface area contributed by atoms with Crippen LogP contribution in [-0.2, 0) is 13.0 Å². The maximum absolute atomic E-state index is 5.46. The quantitative estimate of drug-likeness (QED) is 0.333. The first kappa shape index (κ1) is 24.0. The molecule has 0 unspecified atom stereocenters. The summed E-state index contributed by atoms with van der Waals surface area (Å²) in [5.41, 5.74) is 3.57. The van der Waals surface area contributed by atoms with Gasteiger partial charge in [0.2, 0.25) is 0 Å². The monoisotopic (exact) mass is 497 g/mol. The molecule has 0 spiro atoms. The Bertz CT molecular complexity index is 764. The lowest BCUT2D eigenvalue weighted by Gasteiger charge is -2.14. The van der Waals surface area contributed by atoms with Crippen molar-refractivity contribution in [3.63, 3.8) is 0 Å². The second-order valence-electron chi connectivity index (χ2n) is 6.60. The third-order valence-electron chi connectivity index (χ3n) is 4.15. The Morgan fingerprint density at radius 2 is 1.96 bits per heavy atom. The molecule has 0 atom stereocenters. The van der Waals surface area contributed by atoms with Gasteiger partial charge in [0.05, 0.1) is 13.7 Å². The Hall–Kier alpha value is -2.03. The molecule has 0 aliphatic heterocycles. The lowest BCUT2D eigenvalue weighted by Crippen LogP contribution is -2.38. The number of pyridine rings is 1. The summed E-state index contributed by atoms with van der Waals surface area (Å²) in [5, 5.41) is 6.70. The van der Waals surface area contributed by atoms with Gasteiger partial charge in [0, 0.05) is 33.4 Å². The largest absolute Gasteiger partial charge is 0.496 e. The first-order valence-corrected chi connectivity index (χ1v) is 9.31. The van der Waals surface area contributed by atoms with E-state index in [1.165, 1.54) is 11.1 Å². The standard InChI is InChI=1S/C21H31N5O.HI/c1-6-22-21(25-15-17-9-11-23-20(14-17)26(3)4)24-12-10-18-13-16(2)7-8-19(18)27-5;/h7-9,11,13-14H,6,10,12,15H2,1-5H3,(H2,22,24,25);1H. The molecule has 0 saturated carbocycles. The van der Waals surface area contributed by atoms with Crippen molar-refractivity contribution in [2.24, 2.45) is 4.99 Å². The zero-order valence-corrected chi connectivity index (χ0v) is 19.8. The van der Waals surface area contributed by atoms with Crippen LogP contribution in [0.1, 0.15) is 23.6 Å². The number of aliphatic imine (C=N–C) groups is 1. The van der Waals surface area contributed by atoms with Gasteiger partial charge in [-0.1, -0.05) is 17.7 Å². The maximum Gasteiger partial charge on any atom is 0.191 e. The highest BCUT2D eigenvalue weighted by Gasteiger charge is 2.05. The molecule has 2 rings (SSSR count). The van der Waals surface area contributed by atoms with E-state index in [-0.39, 0.29) is 24.0 Å². The fourth-order valence-corrected chi connectivity index (χ4v) is 2.73. The number of anilines is 1. The molecule has 0 fully saturated rings. The summed E-state index contributed by atoms with van der Waals surface area (Å²) >= 11 is 0. The maximum atomic E-state index is 5.46. The summed E-state index contributed by atoms with van der Waals surface area (Å²) in [6.07, 6.45) is 2.69. The summed E-state index contributed by atoms with van der Waals surface area (Å²) in [4.78, 5) is 11.0. The number of hydrogen-bond donors (Lipinski definition) is 2. The number of aromatic nitrogens is 1. The summed E-state index contributed by atoms with van der Waals surface area (Å²) in [5.74, 6) is 2.68. The molecule has 28 heavy (non-hydrogen) atoms. The predicted octanol–water partition coefficient (Wildman–Crippen LogP) is 3.38. The Morgan fingerprint density at radius 3 is 2.64 bits per heavy atom. The Kier molecular flexibility index (Phi) is 10.7. The normalized spacial score (nSPS) is 10.8. The molecule has 1 aromatic heterocycles. The number of nitrogens with one attached hydrogen (secondary N) is 2. The highest BCUT2D eigenvalue weighted by Crippen LogP contribution is 2.19. The fraction of sp³-hybridized carbons (Fsp3) is 0.429. The van der Waals surface area contributed by atoms with Gasteiger partial charge >= 0.3 is 0 Å². The number of hydrogen-bond acceptors (Lipinski definition) is 4. The third kappa shape index (κ3) is 7.53. The first-order chi connectivity index (χ1) is 13.0. The van der Waals surface area contributed by atoms with Crippen LogP contribution in [0.3, 0.4) is 0 Å². The van der Waals surface area contributed by atoms with Gasteiger partial charge < -0.3 is 20.3 Å². The number of halogens is 1. The summed E-state index contributed by atoms with van der Waals surface area (Å²) in [6.45, 7) is 6.37. The molecule has 6 nitrogen and oxygen atoms in total. The van der Waals surface area contributed by atoms with E-state index in [1.54, 1.807) is 7.11 Å². The van der Waals surface area contributed by atoms with E-state index >= 15 is 0 Å². The van der Waals surface area contributed by atoms with Crippen LogP contribution in [0, 0.1) is 6.92 Å². The minimum absolute atomic E-state index is 0. The lowest BCUT2D eigenvalue weighted by atomic mass is 10.1. The molecule has 0 aliphatic carbocycles. The van der Waals surface area contributed by atoms with Crippen LogP contribution in [0.15, 0.2) is 41.5 Å². The molecule has 2 N–H and O–H groups in total. The van der Waals surface area contributed by atoms with Crippen LogP contribution in [-0.4, -0.2) is 45.2 Å². The van der Waals surface area contributed by atoms with Gasteiger partial charge in [-0.05, 0) is 49.6 Å². The minimum Gasteiger partial charge on any atom is -0.496 e. The number of benzene rings is 1. The fourth-order valence-electron chi connectivity index (χ4n) is 2.73. The van der Waals surface area contributed by atoms with E-state index in [4.69, 9.17) is 9.73 Å². The summed E-state index contributed by atoms with van der Waals surface area (Å²) in [6, 6.07) is 10.3. The Morgan fingerprint density at radius 1 is 1.18 bits per heavy atom. The van der Waals surface area contributed by atoms with E-state index < -0.39 is 0 Å². The van der Waals surface area contributed by atoms with Crippen LogP contribution >= 0.6 is 24.0 Å². The number of nitrogens with zero attached hydrogens (tertiary/aromatic N) is 3. The van der Waals surface area contributed by atoms with Crippen molar-refractivity contribution in [3.8, 4) is 5.75 Å². The van der Waals surface area contributed by atoms with Gasteiger partial charge in [0.15, 0.2) is 5.96 Å². The van der Waals surface area contributed by atoms with E-state index in [0.717, 1.165) is 42.6 Å². The van der Waals surface area contributed by atoms with Crippen LogP contribution in [0.4, 0.5) is 5.82 Å². The Balaban J connectivity index is 0.00000392. The molecule has 154 valence electrons. The van der Waals surface area contributed by atoms with Crippen molar-refractivity contribution in [2.75, 3.05) is 39.2 Å². The van der Waals surface area contributed by atoms with Crippen molar-refractivity contribution in [1.29, 1.82) is 0 Å². The van der Waals surface area contributed by atoms with Gasteiger partial charge in [-0.15, -0.1) is 24.0 Å². The average Bonchev–Trinajstić information content (AvgIpc) is 2.66. The molecule has 2 aromatic rings. The SMILES string of the molecule is CCNC(=NCc1ccnc(N(C)C)c1)NCCc1cc(C)ccc1OC.I. The number of methoxy groups -OCH3 is 1. The number of rotatable bonds is 8. The molecular formula is C21H32IN5O. The first-order valence-electron chi connectivity index (χ1n) is 9.31. The molecule has 0 aliphatic rings. The number of aryl methyl sites for hydroxylation is 1. The summed E-state index contributed by atoms with van der Waals surface area (Å²) < 4.78 is 5.46. The van der Waals surface area contributed by atoms with E-state index in [9.17, 15) is 0 Å². The van der Waals surface area contributed by atoms with E-state index in [1.807, 2.05) is 37.3 Å². The highest BCUT2D eigenvalue weighted by atomic mass is 127. The molecule has 0 saturated heterocycles. The molecule has 1 aromatic carbocycles. The second-order valence-corrected chi connectivity index (χ2v) is 6.60. The van der Waals surface area contributed by atoms with Gasteiger partial charge in [-0.3, -0.25) is 0 Å². The van der Waals surface area contributed by atoms with Gasteiger partial charge in [0.1, 0.15) is 11.6 Å². The number of ether oxygens (including phenoxy) is 1. The van der Waals surface area contributed by atoms with Crippen LogP contribution in [0.25, 0.3) is 0 Å². The van der Waals surface area contributed by atoms with Gasteiger partial charge in [-0.2, -0.15) is 0 Å². The average molecular weight is 497 g/mol. The summed E-state index contributed by atoms with van der Waals surface area (Å²) in [7, 11) is 5.69. The molecule has 1 heterocycles. The third-order valence-corrected chi connectivity index (χ3v) is 4.15. The zero-order valence-electron chi connectivity index (χ0n) is 17.5. The molecule has 0 radical (unpaired) electrons. The van der Waals surface area contributed by atoms with Crippen LogP contribution in [0.2, 0.25) is 0 Å². The van der Waals surface area contributed by atoms with Crippen molar-refractivity contribution in [1.82, 2.24) is 15.6 Å². The van der Waals surface area contributed by atoms with Crippen molar-refractivity contribution < 1.29 is 4.74 Å². The van der Waals surface area contributed by atoms with Crippen molar-refractivity contribution in [2.45, 2.75) is 26.8 Å². The van der Waals surface area contributed by atoms with E-state index in [2.05, 4.69) is 47.7 Å². The molecule has 7 heteroatoms. The van der Waals surface area contributed by atoms with Crippen LogP contribution in [0.5, 0.6) is 5.75 Å². The molecular weight excluding hydrogens is 465 g/mol. The van der Waals surface area contributed by atoms with Crippen molar-refractivity contribution in [3.05, 3.63) is 53.2 Å². The minimum atomic E-state index is 0. The smallest absolute Gasteiger partial charge is 0.191 e. The highest BCUT2D eigenvalue weighted by molar-refractivity contribution is 14.0. The zero-order chi connectivity index (χ0) is 19.6. The van der Waals surface area contributed by atoms with Crippen LogP contribution < -0.4 is 20.3 Å². The molecule has 0 bridgehead atoms. The topological polar surface area (TPSA) is 61.8 Å². The predicted molar refractivity (Wildman–Crippen MR) is 128 cm³/mol. The Labute approximate surface area is 185 Å². The molecule has 0 amide bonds. The second kappa shape index (κ2) is 12.4. The van der Waals surface area contributed by atoms with Gasteiger partial charge in [0.25, 0.3) is 0 Å². The number of guanidine groups is 1. The van der Waals surface area contributed by atoms with E-state index in [0.29, 0.717) is 6.54 Å². The van der Waals surface area contributed by atoms with Crippen molar-refractivity contribution >= 4 is 35.8 Å². The lowest BCUT2D eigenvalue weighted by molar-refractivity contribution is 0.409.